The molecule has 130 valence electrons. The van der Waals surface area contributed by atoms with Crippen molar-refractivity contribution in [1.82, 2.24) is 15.4 Å². The van der Waals surface area contributed by atoms with E-state index in [-0.39, 0.29) is 28.8 Å². The van der Waals surface area contributed by atoms with Crippen molar-refractivity contribution in [3.8, 4) is 22.9 Å². The lowest BCUT2D eigenvalue weighted by Gasteiger charge is -2.20. The van der Waals surface area contributed by atoms with E-state index in [1.54, 1.807) is 0 Å². The molecule has 1 aromatic carbocycles. The number of nitrogens with zero attached hydrogens (tertiary/aromatic N) is 3. The van der Waals surface area contributed by atoms with E-state index < -0.39 is 17.2 Å². The molecule has 0 bridgehead atoms. The van der Waals surface area contributed by atoms with Gasteiger partial charge in [-0.05, 0) is 18.2 Å². The lowest BCUT2D eigenvalue weighted by molar-refractivity contribution is -0.0408. The Kier molecular flexibility index (Phi) is 3.81. The minimum absolute atomic E-state index is 0.0210. The first-order chi connectivity index (χ1) is 12.1. The molecule has 0 N–H and O–H groups in total. The Balaban J connectivity index is 1.66. The largest absolute Gasteiger partial charge is 0.415 e. The third-order valence-corrected chi connectivity index (χ3v) is 4.12. The average Bonchev–Trinajstić information content (AvgIpc) is 3.36. The molecule has 0 saturated carbocycles. The molecule has 7 nitrogen and oxygen atoms in total. The van der Waals surface area contributed by atoms with Gasteiger partial charge in [0.15, 0.2) is 5.60 Å². The van der Waals surface area contributed by atoms with Crippen LogP contribution in [0.5, 0.6) is 0 Å². The van der Waals surface area contributed by atoms with Crippen LogP contribution in [-0.4, -0.2) is 35.7 Å². The fourth-order valence-corrected chi connectivity index (χ4v) is 2.67. The fraction of sp³-hybridized carbons (Fsp3) is 0.312. The first-order valence-corrected chi connectivity index (χ1v) is 7.51. The molecule has 1 atom stereocenters. The summed E-state index contributed by atoms with van der Waals surface area (Å²) in [5.41, 5.74) is -0.687. The van der Waals surface area contributed by atoms with Gasteiger partial charge < -0.3 is 18.4 Å². The number of hydrogen-bond donors (Lipinski definition) is 0. The molecule has 2 aromatic heterocycles. The summed E-state index contributed by atoms with van der Waals surface area (Å²) in [6.07, 6.45) is 0.585. The minimum atomic E-state index is -0.789. The van der Waals surface area contributed by atoms with Gasteiger partial charge in [0.05, 0.1) is 13.2 Å². The number of rotatable bonds is 4. The summed E-state index contributed by atoms with van der Waals surface area (Å²) in [6, 6.07) is 4.48. The molecule has 0 aliphatic carbocycles. The Hall–Kier alpha value is -2.65. The van der Waals surface area contributed by atoms with Gasteiger partial charge in [-0.1, -0.05) is 5.16 Å². The van der Waals surface area contributed by atoms with Crippen molar-refractivity contribution in [2.45, 2.75) is 12.0 Å². The van der Waals surface area contributed by atoms with E-state index in [4.69, 9.17) is 18.4 Å². The average molecular weight is 349 g/mol. The molecule has 3 aromatic rings. The highest BCUT2D eigenvalue weighted by Gasteiger charge is 2.42. The van der Waals surface area contributed by atoms with Gasteiger partial charge in [0.1, 0.15) is 17.3 Å². The van der Waals surface area contributed by atoms with Crippen molar-refractivity contribution in [3.05, 3.63) is 41.8 Å². The van der Waals surface area contributed by atoms with Crippen LogP contribution >= 0.6 is 0 Å². The molecule has 0 amide bonds. The molecule has 1 aliphatic heterocycles. The number of benzene rings is 1. The van der Waals surface area contributed by atoms with Crippen molar-refractivity contribution in [2.24, 2.45) is 0 Å². The Bertz CT molecular complexity index is 902. The van der Waals surface area contributed by atoms with Crippen LogP contribution in [0.4, 0.5) is 8.78 Å². The first kappa shape index (κ1) is 15.9. The van der Waals surface area contributed by atoms with E-state index in [0.29, 0.717) is 19.6 Å². The van der Waals surface area contributed by atoms with Gasteiger partial charge in [-0.15, -0.1) is 10.2 Å². The maximum Gasteiger partial charge on any atom is 0.286 e. The van der Waals surface area contributed by atoms with Crippen LogP contribution in [0.3, 0.4) is 0 Å². The molecule has 1 saturated heterocycles. The molecule has 25 heavy (non-hydrogen) atoms. The van der Waals surface area contributed by atoms with Gasteiger partial charge in [-0.2, -0.15) is 0 Å². The normalized spacial score (nSPS) is 20.3. The summed E-state index contributed by atoms with van der Waals surface area (Å²) in [4.78, 5) is 0. The van der Waals surface area contributed by atoms with Crippen molar-refractivity contribution in [3.63, 3.8) is 0 Å². The minimum Gasteiger partial charge on any atom is -0.415 e. The second-order valence-corrected chi connectivity index (χ2v) is 5.61. The van der Waals surface area contributed by atoms with Crippen molar-refractivity contribution >= 4 is 0 Å². The Morgan fingerprint density at radius 3 is 2.84 bits per heavy atom. The fourth-order valence-electron chi connectivity index (χ4n) is 2.67. The molecule has 1 unspecified atom stereocenters. The highest BCUT2D eigenvalue weighted by molar-refractivity contribution is 5.63. The van der Waals surface area contributed by atoms with E-state index >= 15 is 0 Å². The SMILES string of the molecule is COC1(c2nnc(-c3cc(-c4cc(F)ccc4F)no3)o2)CCOC1. The van der Waals surface area contributed by atoms with Gasteiger partial charge in [0.2, 0.25) is 5.76 Å². The predicted molar refractivity (Wildman–Crippen MR) is 79.3 cm³/mol. The lowest BCUT2D eigenvalue weighted by Crippen LogP contribution is -2.29. The second-order valence-electron chi connectivity index (χ2n) is 5.61. The molecular weight excluding hydrogens is 336 g/mol. The predicted octanol–water partition coefficient (Wildman–Crippen LogP) is 2.93. The summed E-state index contributed by atoms with van der Waals surface area (Å²) in [6.45, 7) is 0.831. The standard InChI is InChI=1S/C16H13F2N3O4/c1-22-16(4-5-23-8-16)15-20-19-14(24-15)13-7-12(21-25-13)10-6-9(17)2-3-11(10)18/h2-3,6-7H,4-5,8H2,1H3. The number of aromatic nitrogens is 3. The highest BCUT2D eigenvalue weighted by atomic mass is 19.1. The van der Waals surface area contributed by atoms with Crippen LogP contribution in [0, 0.1) is 11.6 Å². The van der Waals surface area contributed by atoms with Crippen molar-refractivity contribution in [1.29, 1.82) is 0 Å². The van der Waals surface area contributed by atoms with Crippen molar-refractivity contribution < 1.29 is 27.2 Å². The third kappa shape index (κ3) is 2.71. The second kappa shape index (κ2) is 6.01. The van der Waals surface area contributed by atoms with Gasteiger partial charge in [0.25, 0.3) is 11.8 Å². The molecular formula is C16H13F2N3O4. The number of halogens is 2. The van der Waals surface area contributed by atoms with Crippen LogP contribution in [0.1, 0.15) is 12.3 Å². The zero-order valence-electron chi connectivity index (χ0n) is 13.2. The van der Waals surface area contributed by atoms with Crippen LogP contribution in [0.25, 0.3) is 22.9 Å². The monoisotopic (exact) mass is 349 g/mol. The first-order valence-electron chi connectivity index (χ1n) is 7.51. The van der Waals surface area contributed by atoms with Crippen LogP contribution in [0.2, 0.25) is 0 Å². The van der Waals surface area contributed by atoms with Crippen LogP contribution in [-0.2, 0) is 15.1 Å². The molecule has 0 spiro atoms. The molecule has 4 rings (SSSR count). The van der Waals surface area contributed by atoms with E-state index in [9.17, 15) is 8.78 Å². The van der Waals surface area contributed by atoms with Gasteiger partial charge >= 0.3 is 0 Å². The Labute approximate surface area is 140 Å². The number of methoxy groups -OCH3 is 1. The summed E-state index contributed by atoms with van der Waals surface area (Å²) in [5.74, 6) is -0.730. The topological polar surface area (TPSA) is 83.4 Å². The van der Waals surface area contributed by atoms with E-state index in [0.717, 1.165) is 18.2 Å². The lowest BCUT2D eigenvalue weighted by atomic mass is 10.0. The Morgan fingerprint density at radius 1 is 1.20 bits per heavy atom. The van der Waals surface area contributed by atoms with Crippen LogP contribution in [0.15, 0.2) is 33.2 Å². The molecule has 9 heteroatoms. The zero-order chi connectivity index (χ0) is 17.4. The number of hydrogen-bond acceptors (Lipinski definition) is 7. The summed E-state index contributed by atoms with van der Waals surface area (Å²) in [5, 5.41) is 11.6. The van der Waals surface area contributed by atoms with E-state index in [2.05, 4.69) is 15.4 Å². The molecule has 3 heterocycles. The zero-order valence-corrected chi connectivity index (χ0v) is 13.2. The van der Waals surface area contributed by atoms with Crippen molar-refractivity contribution in [2.75, 3.05) is 20.3 Å². The summed E-state index contributed by atoms with van der Waals surface area (Å²) < 4.78 is 48.7. The number of ether oxygens (including phenoxy) is 2. The summed E-state index contributed by atoms with van der Waals surface area (Å²) in [7, 11) is 1.54. The van der Waals surface area contributed by atoms with E-state index in [1.165, 1.54) is 13.2 Å². The molecule has 1 fully saturated rings. The smallest absolute Gasteiger partial charge is 0.286 e. The molecule has 1 aliphatic rings. The maximum absolute atomic E-state index is 13.8. The van der Waals surface area contributed by atoms with Gasteiger partial charge in [-0.25, -0.2) is 8.78 Å². The summed E-state index contributed by atoms with van der Waals surface area (Å²) >= 11 is 0. The quantitative estimate of drug-likeness (QED) is 0.716. The highest BCUT2D eigenvalue weighted by Crippen LogP contribution is 2.35. The maximum atomic E-state index is 13.8. The van der Waals surface area contributed by atoms with E-state index in [1.807, 2.05) is 0 Å². The van der Waals surface area contributed by atoms with Crippen LogP contribution < -0.4 is 0 Å². The third-order valence-electron chi connectivity index (χ3n) is 4.12. The van der Waals surface area contributed by atoms with Gasteiger partial charge in [-0.3, -0.25) is 0 Å². The van der Waals surface area contributed by atoms with Gasteiger partial charge in [0, 0.05) is 25.2 Å². The molecule has 0 radical (unpaired) electrons. The Morgan fingerprint density at radius 2 is 2.08 bits per heavy atom.